The molecule has 0 aromatic carbocycles. The Morgan fingerprint density at radius 2 is 1.69 bits per heavy atom. The smallest absolute Gasteiger partial charge is 0.233 e. The molecule has 0 spiro atoms. The summed E-state index contributed by atoms with van der Waals surface area (Å²) in [5.74, 6) is 1.16. The zero-order valence-electron chi connectivity index (χ0n) is 11.7. The maximum absolute atomic E-state index is 11.4. The molecular weight excluding hydrogens is 200 g/mol. The van der Waals surface area contributed by atoms with E-state index in [4.69, 9.17) is 0 Å². The van der Waals surface area contributed by atoms with Crippen LogP contribution in [-0.4, -0.2) is 25.5 Å². The molecule has 0 aromatic heterocycles. The predicted octanol–water partition coefficient (Wildman–Crippen LogP) is 2.03. The Labute approximate surface area is 100 Å². The third-order valence-corrected chi connectivity index (χ3v) is 2.92. The predicted molar refractivity (Wildman–Crippen MR) is 69.3 cm³/mol. The largest absolute Gasteiger partial charge is 0.355 e. The van der Waals surface area contributed by atoms with E-state index < -0.39 is 0 Å². The average molecular weight is 228 g/mol. The second kappa shape index (κ2) is 6.89. The van der Waals surface area contributed by atoms with E-state index in [1.165, 1.54) is 0 Å². The molecule has 2 N–H and O–H groups in total. The van der Waals surface area contributed by atoms with Crippen molar-refractivity contribution in [1.29, 1.82) is 0 Å². The molecule has 96 valence electrons. The summed E-state index contributed by atoms with van der Waals surface area (Å²) in [5.41, 5.74) is 0.293. The molecule has 0 aliphatic carbocycles. The second-order valence-electron chi connectivity index (χ2n) is 6.10. The summed E-state index contributed by atoms with van der Waals surface area (Å²) in [6, 6.07) is 0. The molecule has 1 amide bonds. The maximum atomic E-state index is 11.4. The molecular formula is C13H28N2O. The van der Waals surface area contributed by atoms with Crippen LogP contribution in [0.3, 0.4) is 0 Å². The third kappa shape index (κ3) is 7.69. The van der Waals surface area contributed by atoms with Crippen molar-refractivity contribution >= 4 is 5.91 Å². The molecule has 0 bridgehead atoms. The van der Waals surface area contributed by atoms with E-state index >= 15 is 0 Å². The van der Waals surface area contributed by atoms with Crippen molar-refractivity contribution in [2.24, 2.45) is 17.3 Å². The molecule has 3 nitrogen and oxygen atoms in total. The monoisotopic (exact) mass is 228 g/mol. The second-order valence-corrected chi connectivity index (χ2v) is 6.10. The van der Waals surface area contributed by atoms with E-state index in [1.807, 2.05) is 0 Å². The maximum Gasteiger partial charge on any atom is 0.233 e. The van der Waals surface area contributed by atoms with Gasteiger partial charge in [0.15, 0.2) is 0 Å². The summed E-state index contributed by atoms with van der Waals surface area (Å²) in [6.07, 6.45) is 0. The van der Waals surface area contributed by atoms with Crippen molar-refractivity contribution in [3.8, 4) is 0 Å². The van der Waals surface area contributed by atoms with Crippen LogP contribution in [0, 0.1) is 17.3 Å². The van der Waals surface area contributed by atoms with Gasteiger partial charge < -0.3 is 10.6 Å². The number of hydrogen-bond acceptors (Lipinski definition) is 2. The van der Waals surface area contributed by atoms with E-state index in [0.29, 0.717) is 23.8 Å². The van der Waals surface area contributed by atoms with Crippen LogP contribution in [-0.2, 0) is 4.79 Å². The van der Waals surface area contributed by atoms with Crippen LogP contribution < -0.4 is 10.6 Å². The van der Waals surface area contributed by atoms with Gasteiger partial charge in [-0.25, -0.2) is 0 Å². The number of carbonyl (C=O) groups is 1. The van der Waals surface area contributed by atoms with Crippen molar-refractivity contribution < 1.29 is 4.79 Å². The van der Waals surface area contributed by atoms with E-state index in [0.717, 1.165) is 13.1 Å². The van der Waals surface area contributed by atoms with Gasteiger partial charge in [0.05, 0.1) is 6.54 Å². The van der Waals surface area contributed by atoms with Crippen LogP contribution in [0.1, 0.15) is 41.5 Å². The molecule has 0 aromatic rings. The average Bonchev–Trinajstić information content (AvgIpc) is 2.13. The van der Waals surface area contributed by atoms with Gasteiger partial charge in [-0.1, -0.05) is 41.5 Å². The van der Waals surface area contributed by atoms with Gasteiger partial charge in [-0.2, -0.15) is 0 Å². The molecule has 0 aliphatic heterocycles. The normalized spacial score (nSPS) is 13.9. The number of rotatable bonds is 6. The van der Waals surface area contributed by atoms with Gasteiger partial charge >= 0.3 is 0 Å². The van der Waals surface area contributed by atoms with E-state index in [1.54, 1.807) is 0 Å². The van der Waals surface area contributed by atoms with Crippen molar-refractivity contribution in [3.05, 3.63) is 0 Å². The van der Waals surface area contributed by atoms with Gasteiger partial charge in [0.25, 0.3) is 0 Å². The molecule has 0 rings (SSSR count). The van der Waals surface area contributed by atoms with Crippen LogP contribution in [0.25, 0.3) is 0 Å². The Bertz CT molecular complexity index is 206. The van der Waals surface area contributed by atoms with E-state index in [2.05, 4.69) is 52.2 Å². The lowest BCUT2D eigenvalue weighted by Gasteiger charge is -2.27. The highest BCUT2D eigenvalue weighted by Crippen LogP contribution is 2.24. The SMILES string of the molecule is CC(C)CNC(=O)CNCC(C)C(C)(C)C. The van der Waals surface area contributed by atoms with Crippen molar-refractivity contribution in [2.75, 3.05) is 19.6 Å². The summed E-state index contributed by atoms with van der Waals surface area (Å²) in [7, 11) is 0. The fraction of sp³-hybridized carbons (Fsp3) is 0.923. The molecule has 3 heteroatoms. The quantitative estimate of drug-likeness (QED) is 0.730. The summed E-state index contributed by atoms with van der Waals surface area (Å²) < 4.78 is 0. The first-order chi connectivity index (χ1) is 7.23. The molecule has 0 saturated heterocycles. The van der Waals surface area contributed by atoms with Crippen LogP contribution in [0.4, 0.5) is 0 Å². The molecule has 16 heavy (non-hydrogen) atoms. The van der Waals surface area contributed by atoms with E-state index in [-0.39, 0.29) is 5.91 Å². The molecule has 0 aliphatic rings. The number of nitrogens with one attached hydrogen (secondary N) is 2. The van der Waals surface area contributed by atoms with Crippen LogP contribution in [0.2, 0.25) is 0 Å². The Hall–Kier alpha value is -0.570. The number of hydrogen-bond donors (Lipinski definition) is 2. The van der Waals surface area contributed by atoms with Crippen molar-refractivity contribution in [2.45, 2.75) is 41.5 Å². The number of carbonyl (C=O) groups excluding carboxylic acids is 1. The van der Waals surface area contributed by atoms with Crippen molar-refractivity contribution in [1.82, 2.24) is 10.6 Å². The highest BCUT2D eigenvalue weighted by atomic mass is 16.1. The Kier molecular flexibility index (Phi) is 6.65. The standard InChI is InChI=1S/C13H28N2O/c1-10(2)7-15-12(16)9-14-8-11(3)13(4,5)6/h10-11,14H,7-9H2,1-6H3,(H,15,16). The summed E-state index contributed by atoms with van der Waals surface area (Å²) in [5, 5.41) is 6.10. The van der Waals surface area contributed by atoms with Crippen LogP contribution in [0.5, 0.6) is 0 Å². The van der Waals surface area contributed by atoms with Gasteiger partial charge in [0, 0.05) is 6.54 Å². The molecule has 0 fully saturated rings. The Morgan fingerprint density at radius 1 is 1.12 bits per heavy atom. The minimum Gasteiger partial charge on any atom is -0.355 e. The van der Waals surface area contributed by atoms with E-state index in [9.17, 15) is 4.79 Å². The van der Waals surface area contributed by atoms with Gasteiger partial charge in [0.2, 0.25) is 5.91 Å². The molecule has 1 unspecified atom stereocenters. The minimum atomic E-state index is 0.0924. The van der Waals surface area contributed by atoms with Crippen LogP contribution in [0.15, 0.2) is 0 Å². The Balaban J connectivity index is 3.62. The minimum absolute atomic E-state index is 0.0924. The topological polar surface area (TPSA) is 41.1 Å². The zero-order valence-corrected chi connectivity index (χ0v) is 11.7. The lowest BCUT2D eigenvalue weighted by Crippen LogP contribution is -2.38. The highest BCUT2D eigenvalue weighted by molar-refractivity contribution is 5.77. The summed E-state index contributed by atoms with van der Waals surface area (Å²) in [4.78, 5) is 11.4. The lowest BCUT2D eigenvalue weighted by molar-refractivity contribution is -0.120. The zero-order chi connectivity index (χ0) is 12.8. The third-order valence-electron chi connectivity index (χ3n) is 2.92. The lowest BCUT2D eigenvalue weighted by atomic mass is 9.82. The molecule has 0 heterocycles. The highest BCUT2D eigenvalue weighted by Gasteiger charge is 2.19. The summed E-state index contributed by atoms with van der Waals surface area (Å²) >= 11 is 0. The summed E-state index contributed by atoms with van der Waals surface area (Å²) in [6.45, 7) is 15.1. The van der Waals surface area contributed by atoms with Gasteiger partial charge in [-0.15, -0.1) is 0 Å². The van der Waals surface area contributed by atoms with Crippen molar-refractivity contribution in [3.63, 3.8) is 0 Å². The van der Waals surface area contributed by atoms with Gasteiger partial charge in [-0.3, -0.25) is 4.79 Å². The first-order valence-electron chi connectivity index (χ1n) is 6.21. The molecule has 0 saturated carbocycles. The van der Waals surface area contributed by atoms with Gasteiger partial charge in [0.1, 0.15) is 0 Å². The Morgan fingerprint density at radius 3 is 2.12 bits per heavy atom. The fourth-order valence-electron chi connectivity index (χ4n) is 1.09. The van der Waals surface area contributed by atoms with Gasteiger partial charge in [-0.05, 0) is 23.8 Å². The first-order valence-corrected chi connectivity index (χ1v) is 6.21. The first kappa shape index (κ1) is 15.4. The van der Waals surface area contributed by atoms with Crippen LogP contribution >= 0.6 is 0 Å². The molecule has 1 atom stereocenters. The number of amides is 1. The fourth-order valence-corrected chi connectivity index (χ4v) is 1.09. The molecule has 0 radical (unpaired) electrons.